The number of benzene rings is 3. The summed E-state index contributed by atoms with van der Waals surface area (Å²) in [7, 11) is 3.14. The topological polar surface area (TPSA) is 73.3 Å². The second-order valence-electron chi connectivity index (χ2n) is 7.18. The van der Waals surface area contributed by atoms with Gasteiger partial charge in [0, 0.05) is 34.8 Å². The molecule has 0 fully saturated rings. The van der Waals surface area contributed by atoms with Crippen molar-refractivity contribution in [2.45, 2.75) is 11.9 Å². The molecule has 0 saturated heterocycles. The molecule has 1 heterocycles. The maximum absolute atomic E-state index is 12.7. The van der Waals surface area contributed by atoms with Crippen LogP contribution in [0.5, 0.6) is 11.5 Å². The van der Waals surface area contributed by atoms with Crippen molar-refractivity contribution < 1.29 is 14.3 Å². The van der Waals surface area contributed by atoms with Crippen LogP contribution in [0.3, 0.4) is 0 Å². The highest BCUT2D eigenvalue weighted by molar-refractivity contribution is 8.00. The summed E-state index contributed by atoms with van der Waals surface area (Å²) in [4.78, 5) is 22.2. The highest BCUT2D eigenvalue weighted by Crippen LogP contribution is 2.30. The van der Waals surface area contributed by atoms with Gasteiger partial charge < -0.3 is 14.8 Å². The van der Waals surface area contributed by atoms with E-state index in [1.165, 1.54) is 11.8 Å². The highest BCUT2D eigenvalue weighted by Gasteiger charge is 2.13. The quantitative estimate of drug-likeness (QED) is 0.305. The van der Waals surface area contributed by atoms with Crippen molar-refractivity contribution in [3.63, 3.8) is 0 Å². The van der Waals surface area contributed by atoms with Crippen molar-refractivity contribution in [1.82, 2.24) is 9.97 Å². The van der Waals surface area contributed by atoms with Crippen LogP contribution in [-0.2, 0) is 4.79 Å². The van der Waals surface area contributed by atoms with E-state index in [-0.39, 0.29) is 11.7 Å². The Kier molecular flexibility index (Phi) is 6.56. The first kappa shape index (κ1) is 21.6. The normalized spacial score (nSPS) is 10.7. The van der Waals surface area contributed by atoms with E-state index >= 15 is 0 Å². The number of nitrogens with one attached hydrogen (secondary N) is 1. The SMILES string of the molecule is COc1cc(NC(=O)CSc2nc(-c3ccccc3)nc3ccc(C)cc23)cc(OC)c1. The van der Waals surface area contributed by atoms with Gasteiger partial charge in [-0.05, 0) is 19.1 Å². The molecule has 6 nitrogen and oxygen atoms in total. The number of methoxy groups -OCH3 is 2. The van der Waals surface area contributed by atoms with Gasteiger partial charge in [0.2, 0.25) is 5.91 Å². The molecule has 1 N–H and O–H groups in total. The van der Waals surface area contributed by atoms with Crippen LogP contribution >= 0.6 is 11.8 Å². The van der Waals surface area contributed by atoms with Crippen LogP contribution in [0.15, 0.2) is 71.8 Å². The summed E-state index contributed by atoms with van der Waals surface area (Å²) < 4.78 is 10.5. The molecule has 4 rings (SSSR count). The Balaban J connectivity index is 1.58. The second-order valence-corrected chi connectivity index (χ2v) is 8.14. The number of rotatable bonds is 7. The Bertz CT molecular complexity index is 1240. The molecule has 0 aliphatic rings. The number of carbonyl (C=O) groups is 1. The van der Waals surface area contributed by atoms with Gasteiger partial charge in [-0.2, -0.15) is 0 Å². The van der Waals surface area contributed by atoms with Crippen molar-refractivity contribution in [2.75, 3.05) is 25.3 Å². The minimum Gasteiger partial charge on any atom is -0.497 e. The van der Waals surface area contributed by atoms with E-state index in [4.69, 9.17) is 19.4 Å². The largest absolute Gasteiger partial charge is 0.497 e. The van der Waals surface area contributed by atoms with Crippen LogP contribution in [0, 0.1) is 6.92 Å². The lowest BCUT2D eigenvalue weighted by Crippen LogP contribution is -2.14. The van der Waals surface area contributed by atoms with Crippen LogP contribution in [0.2, 0.25) is 0 Å². The van der Waals surface area contributed by atoms with Gasteiger partial charge in [-0.1, -0.05) is 53.7 Å². The Labute approximate surface area is 191 Å². The molecule has 0 unspecified atom stereocenters. The van der Waals surface area contributed by atoms with E-state index in [1.54, 1.807) is 32.4 Å². The van der Waals surface area contributed by atoms with E-state index in [0.717, 1.165) is 27.1 Å². The molecular weight excluding hydrogens is 422 g/mol. The third-order valence-electron chi connectivity index (χ3n) is 4.82. The molecular formula is C25H23N3O3S. The fraction of sp³-hybridized carbons (Fsp3) is 0.160. The number of amides is 1. The van der Waals surface area contributed by atoms with Gasteiger partial charge in [0.1, 0.15) is 16.5 Å². The third-order valence-corrected chi connectivity index (χ3v) is 5.81. The van der Waals surface area contributed by atoms with Crippen molar-refractivity contribution in [3.05, 3.63) is 72.3 Å². The summed E-state index contributed by atoms with van der Waals surface area (Å²) in [6, 6.07) is 21.2. The molecule has 1 aromatic heterocycles. The highest BCUT2D eigenvalue weighted by atomic mass is 32.2. The van der Waals surface area contributed by atoms with Crippen molar-refractivity contribution in [1.29, 1.82) is 0 Å². The zero-order valence-corrected chi connectivity index (χ0v) is 18.9. The lowest BCUT2D eigenvalue weighted by Gasteiger charge is -2.11. The van der Waals surface area contributed by atoms with E-state index in [2.05, 4.69) is 11.4 Å². The molecule has 0 saturated carbocycles. The smallest absolute Gasteiger partial charge is 0.234 e. The van der Waals surface area contributed by atoms with Crippen LogP contribution in [-0.4, -0.2) is 35.8 Å². The van der Waals surface area contributed by atoms with Crippen molar-refractivity contribution >= 4 is 34.3 Å². The molecule has 32 heavy (non-hydrogen) atoms. The van der Waals surface area contributed by atoms with E-state index in [9.17, 15) is 4.79 Å². The monoisotopic (exact) mass is 445 g/mol. The van der Waals surface area contributed by atoms with Gasteiger partial charge >= 0.3 is 0 Å². The average Bonchev–Trinajstić information content (AvgIpc) is 2.82. The molecule has 0 aliphatic carbocycles. The Morgan fingerprint density at radius 1 is 0.938 bits per heavy atom. The molecule has 0 aliphatic heterocycles. The number of fused-ring (bicyclic) bond motifs is 1. The van der Waals surface area contributed by atoms with Gasteiger partial charge in [-0.3, -0.25) is 4.79 Å². The number of aryl methyl sites for hydroxylation is 1. The number of hydrogen-bond acceptors (Lipinski definition) is 6. The summed E-state index contributed by atoms with van der Waals surface area (Å²) in [5.41, 5.74) is 3.51. The molecule has 0 radical (unpaired) electrons. The maximum Gasteiger partial charge on any atom is 0.234 e. The number of aromatic nitrogens is 2. The molecule has 0 spiro atoms. The Morgan fingerprint density at radius 2 is 1.66 bits per heavy atom. The molecule has 162 valence electrons. The fourth-order valence-electron chi connectivity index (χ4n) is 3.25. The van der Waals surface area contributed by atoms with Gasteiger partial charge in [-0.25, -0.2) is 9.97 Å². The fourth-order valence-corrected chi connectivity index (χ4v) is 4.06. The maximum atomic E-state index is 12.7. The first-order valence-electron chi connectivity index (χ1n) is 10.1. The average molecular weight is 446 g/mol. The first-order valence-corrected chi connectivity index (χ1v) is 11.0. The van der Waals surface area contributed by atoms with Gasteiger partial charge in [0.25, 0.3) is 0 Å². The van der Waals surface area contributed by atoms with E-state index < -0.39 is 0 Å². The van der Waals surface area contributed by atoms with E-state index in [1.807, 2.05) is 49.4 Å². The number of thioether (sulfide) groups is 1. The van der Waals surface area contributed by atoms with Crippen LogP contribution < -0.4 is 14.8 Å². The number of hydrogen-bond donors (Lipinski definition) is 1. The van der Waals surface area contributed by atoms with Gasteiger partial charge in [-0.15, -0.1) is 0 Å². The Hall–Kier alpha value is -3.58. The zero-order valence-electron chi connectivity index (χ0n) is 18.1. The Morgan fingerprint density at radius 3 is 2.34 bits per heavy atom. The predicted molar refractivity (Wildman–Crippen MR) is 129 cm³/mol. The van der Waals surface area contributed by atoms with Crippen molar-refractivity contribution in [3.8, 4) is 22.9 Å². The summed E-state index contributed by atoms with van der Waals surface area (Å²) in [5, 5.41) is 4.61. The molecule has 4 aromatic rings. The minimum absolute atomic E-state index is 0.147. The molecule has 7 heteroatoms. The van der Waals surface area contributed by atoms with Crippen LogP contribution in [0.4, 0.5) is 5.69 Å². The molecule has 1 amide bonds. The lowest BCUT2D eigenvalue weighted by atomic mass is 10.1. The number of anilines is 1. The lowest BCUT2D eigenvalue weighted by molar-refractivity contribution is -0.113. The molecule has 0 atom stereocenters. The number of ether oxygens (including phenoxy) is 2. The summed E-state index contributed by atoms with van der Waals surface area (Å²) in [6.07, 6.45) is 0. The van der Waals surface area contributed by atoms with Crippen LogP contribution in [0.1, 0.15) is 5.56 Å². The minimum atomic E-state index is -0.147. The van der Waals surface area contributed by atoms with Gasteiger partial charge in [0.15, 0.2) is 5.82 Å². The number of nitrogens with zero attached hydrogens (tertiary/aromatic N) is 2. The van der Waals surface area contributed by atoms with E-state index in [0.29, 0.717) is 23.0 Å². The standard InChI is InChI=1S/C25H23N3O3S/c1-16-9-10-22-21(11-16)25(28-24(27-22)17-7-5-4-6-8-17)32-15-23(29)26-18-12-19(30-2)14-20(13-18)31-3/h4-14H,15H2,1-3H3,(H,26,29). The van der Waals surface area contributed by atoms with Crippen molar-refractivity contribution in [2.24, 2.45) is 0 Å². The third kappa shape index (κ3) is 5.00. The molecule has 3 aromatic carbocycles. The van der Waals surface area contributed by atoms with Gasteiger partial charge in [0.05, 0.1) is 25.5 Å². The molecule has 0 bridgehead atoms. The second kappa shape index (κ2) is 9.70. The summed E-state index contributed by atoms with van der Waals surface area (Å²) in [5.74, 6) is 1.91. The zero-order chi connectivity index (χ0) is 22.5. The first-order chi connectivity index (χ1) is 15.6. The summed E-state index contributed by atoms with van der Waals surface area (Å²) >= 11 is 1.39. The summed E-state index contributed by atoms with van der Waals surface area (Å²) in [6.45, 7) is 2.03. The van der Waals surface area contributed by atoms with Crippen LogP contribution in [0.25, 0.3) is 22.3 Å². The number of carbonyl (C=O) groups excluding carboxylic acids is 1. The predicted octanol–water partition coefficient (Wildman–Crippen LogP) is 5.35.